The van der Waals surface area contributed by atoms with Crippen molar-refractivity contribution in [2.75, 3.05) is 12.4 Å². The van der Waals surface area contributed by atoms with E-state index in [2.05, 4.69) is 10.4 Å². The summed E-state index contributed by atoms with van der Waals surface area (Å²) in [5.41, 5.74) is 1.39. The van der Waals surface area contributed by atoms with E-state index in [-0.39, 0.29) is 24.1 Å². The van der Waals surface area contributed by atoms with Crippen LogP contribution in [0.4, 0.5) is 10.1 Å². The fourth-order valence-corrected chi connectivity index (χ4v) is 3.55. The molecule has 1 N–H and O–H groups in total. The maximum atomic E-state index is 13.2. The minimum absolute atomic E-state index is 0.0936. The van der Waals surface area contributed by atoms with Crippen LogP contribution in [0.5, 0.6) is 0 Å². The van der Waals surface area contributed by atoms with Gasteiger partial charge < -0.3 is 10.2 Å². The van der Waals surface area contributed by atoms with E-state index >= 15 is 0 Å². The fourth-order valence-electron chi connectivity index (χ4n) is 3.55. The maximum Gasteiger partial charge on any atom is 0.230 e. The highest BCUT2D eigenvalue weighted by atomic mass is 19.1. The van der Waals surface area contributed by atoms with E-state index in [4.69, 9.17) is 0 Å². The van der Waals surface area contributed by atoms with Crippen LogP contribution < -0.4 is 5.32 Å². The summed E-state index contributed by atoms with van der Waals surface area (Å²) in [6.07, 6.45) is 6.06. The highest BCUT2D eigenvalue weighted by Crippen LogP contribution is 2.37. The van der Waals surface area contributed by atoms with Crippen LogP contribution in [0.3, 0.4) is 0 Å². The Morgan fingerprint density at radius 2 is 2.04 bits per heavy atom. The summed E-state index contributed by atoms with van der Waals surface area (Å²) in [6.45, 7) is 0.874. The maximum absolute atomic E-state index is 13.2. The Morgan fingerprint density at radius 1 is 1.31 bits per heavy atom. The van der Waals surface area contributed by atoms with Gasteiger partial charge in [-0.2, -0.15) is 5.10 Å². The summed E-state index contributed by atoms with van der Waals surface area (Å²) in [4.78, 5) is 26.5. The lowest BCUT2D eigenvalue weighted by molar-refractivity contribution is -0.127. The zero-order chi connectivity index (χ0) is 18.3. The van der Waals surface area contributed by atoms with Crippen molar-refractivity contribution in [3.8, 4) is 0 Å². The van der Waals surface area contributed by atoms with Crippen molar-refractivity contribution in [3.63, 3.8) is 0 Å². The molecular formula is C19H21FN4O2. The molecule has 0 bridgehead atoms. The molecule has 136 valence electrons. The van der Waals surface area contributed by atoms with Gasteiger partial charge in [0.15, 0.2) is 0 Å². The van der Waals surface area contributed by atoms with E-state index in [0.717, 1.165) is 12.1 Å². The third-order valence-corrected chi connectivity index (χ3v) is 5.18. The largest absolute Gasteiger partial charge is 0.338 e. The predicted molar refractivity (Wildman–Crippen MR) is 93.6 cm³/mol. The number of hydrogen-bond acceptors (Lipinski definition) is 3. The van der Waals surface area contributed by atoms with Gasteiger partial charge in [0.2, 0.25) is 11.8 Å². The smallest absolute Gasteiger partial charge is 0.230 e. The summed E-state index contributed by atoms with van der Waals surface area (Å²) in [5.74, 6) is -0.483. The number of likely N-dealkylation sites (tertiary alicyclic amines) is 1. The van der Waals surface area contributed by atoms with Crippen molar-refractivity contribution in [1.29, 1.82) is 0 Å². The van der Waals surface area contributed by atoms with Gasteiger partial charge in [0.05, 0.1) is 23.8 Å². The molecule has 1 aliphatic heterocycles. The van der Waals surface area contributed by atoms with Crippen LogP contribution in [-0.4, -0.2) is 33.5 Å². The van der Waals surface area contributed by atoms with Gasteiger partial charge in [0, 0.05) is 26.2 Å². The number of carbonyl (C=O) groups is 2. The molecule has 2 fully saturated rings. The van der Waals surface area contributed by atoms with Crippen LogP contribution in [0.2, 0.25) is 0 Å². The number of carbonyl (C=O) groups excluding carboxylic acids is 2. The molecule has 0 spiro atoms. The number of hydrogen-bond donors (Lipinski definition) is 1. The molecule has 1 aliphatic carbocycles. The Hall–Kier alpha value is -2.70. The molecule has 4 rings (SSSR count). The zero-order valence-corrected chi connectivity index (χ0v) is 14.6. The second kappa shape index (κ2) is 6.55. The molecule has 1 saturated heterocycles. The van der Waals surface area contributed by atoms with Crippen molar-refractivity contribution >= 4 is 17.5 Å². The molecule has 2 aromatic rings. The van der Waals surface area contributed by atoms with Crippen molar-refractivity contribution in [2.24, 2.45) is 11.8 Å². The number of amides is 2. The number of nitrogens with one attached hydrogen (secondary N) is 1. The fraction of sp³-hybridized carbons (Fsp3) is 0.421. The van der Waals surface area contributed by atoms with E-state index < -0.39 is 12.0 Å². The van der Waals surface area contributed by atoms with Crippen molar-refractivity contribution < 1.29 is 14.0 Å². The Bertz CT molecular complexity index is 828. The van der Waals surface area contributed by atoms with Crippen molar-refractivity contribution in [3.05, 3.63) is 48.0 Å². The average molecular weight is 356 g/mol. The first-order valence-electron chi connectivity index (χ1n) is 8.85. The highest BCUT2D eigenvalue weighted by molar-refractivity contribution is 5.97. The minimum Gasteiger partial charge on any atom is -0.338 e. The molecule has 6 nitrogen and oxygen atoms in total. The Kier molecular flexibility index (Phi) is 4.22. The van der Waals surface area contributed by atoms with Crippen molar-refractivity contribution in [2.45, 2.75) is 31.8 Å². The number of rotatable bonds is 5. The molecule has 2 aliphatic rings. The summed E-state index contributed by atoms with van der Waals surface area (Å²) >= 11 is 0. The number of nitrogens with zero attached hydrogens (tertiary/aromatic N) is 3. The molecule has 2 amide bonds. The van der Waals surface area contributed by atoms with Gasteiger partial charge in [-0.15, -0.1) is 0 Å². The van der Waals surface area contributed by atoms with E-state index in [1.165, 1.54) is 25.0 Å². The summed E-state index contributed by atoms with van der Waals surface area (Å²) in [5, 5.41) is 7.15. The normalized spacial score (nSPS) is 22.7. The Balaban J connectivity index is 1.50. The third-order valence-electron chi connectivity index (χ3n) is 5.18. The summed E-state index contributed by atoms with van der Waals surface area (Å²) < 4.78 is 15.1. The number of anilines is 1. The van der Waals surface area contributed by atoms with E-state index in [1.54, 1.807) is 30.3 Å². The number of benzene rings is 1. The van der Waals surface area contributed by atoms with Crippen LogP contribution in [-0.2, 0) is 16.1 Å². The van der Waals surface area contributed by atoms with Gasteiger partial charge in [-0.25, -0.2) is 4.39 Å². The molecule has 7 heteroatoms. The lowest BCUT2D eigenvalue weighted by atomic mass is 9.93. The summed E-state index contributed by atoms with van der Waals surface area (Å²) in [7, 11) is 1.68. The molecule has 2 atom stereocenters. The third kappa shape index (κ3) is 3.34. The van der Waals surface area contributed by atoms with Gasteiger partial charge in [-0.3, -0.25) is 14.3 Å². The van der Waals surface area contributed by atoms with E-state index in [9.17, 15) is 14.0 Å². The van der Waals surface area contributed by atoms with Gasteiger partial charge in [-0.05, 0) is 36.5 Å². The molecule has 0 unspecified atom stereocenters. The van der Waals surface area contributed by atoms with E-state index in [0.29, 0.717) is 11.6 Å². The highest BCUT2D eigenvalue weighted by Gasteiger charge is 2.42. The molecule has 1 aromatic carbocycles. The Labute approximate surface area is 151 Å². The lowest BCUT2D eigenvalue weighted by Crippen LogP contribution is -2.30. The SMILES string of the molecule is CN1C(=O)C[C@H](C(=O)Nc2cnn(CC3CC3)c2)[C@@H]1c1ccc(F)cc1. The van der Waals surface area contributed by atoms with Gasteiger partial charge >= 0.3 is 0 Å². The lowest BCUT2D eigenvalue weighted by Gasteiger charge is -2.24. The molecule has 26 heavy (non-hydrogen) atoms. The quantitative estimate of drug-likeness (QED) is 0.895. The number of aromatic nitrogens is 2. The van der Waals surface area contributed by atoms with Crippen LogP contribution >= 0.6 is 0 Å². The summed E-state index contributed by atoms with van der Waals surface area (Å²) in [6, 6.07) is 5.56. The standard InChI is InChI=1S/C19H21FN4O2/c1-23-17(25)8-16(18(23)13-4-6-14(20)7-5-13)19(26)22-15-9-21-24(11-15)10-12-2-3-12/h4-7,9,11-12,16,18H,2-3,8,10H2,1H3,(H,22,26)/t16-,18-/m0/s1. The topological polar surface area (TPSA) is 67.2 Å². The van der Waals surface area contributed by atoms with E-state index in [1.807, 2.05) is 10.9 Å². The number of halogens is 1. The minimum atomic E-state index is -0.523. The predicted octanol–water partition coefficient (Wildman–Crippen LogP) is 2.59. The van der Waals surface area contributed by atoms with Gasteiger partial charge in [0.25, 0.3) is 0 Å². The van der Waals surface area contributed by atoms with Gasteiger partial charge in [0.1, 0.15) is 5.82 Å². The first-order chi connectivity index (χ1) is 12.5. The van der Waals surface area contributed by atoms with Crippen molar-refractivity contribution in [1.82, 2.24) is 14.7 Å². The zero-order valence-electron chi connectivity index (χ0n) is 14.6. The van der Waals surface area contributed by atoms with Gasteiger partial charge in [-0.1, -0.05) is 12.1 Å². The first kappa shape index (κ1) is 16.8. The molecular weight excluding hydrogens is 335 g/mol. The van der Waals surface area contributed by atoms with Crippen LogP contribution in [0.1, 0.15) is 30.9 Å². The molecule has 0 radical (unpaired) electrons. The second-order valence-corrected chi connectivity index (χ2v) is 7.20. The molecule has 2 heterocycles. The average Bonchev–Trinajstić information content (AvgIpc) is 3.24. The first-order valence-corrected chi connectivity index (χ1v) is 8.85. The second-order valence-electron chi connectivity index (χ2n) is 7.20. The monoisotopic (exact) mass is 356 g/mol. The van der Waals surface area contributed by atoms with Crippen LogP contribution in [0, 0.1) is 17.7 Å². The van der Waals surface area contributed by atoms with Crippen LogP contribution in [0.25, 0.3) is 0 Å². The molecule has 1 saturated carbocycles. The molecule has 1 aromatic heterocycles. The van der Waals surface area contributed by atoms with Crippen LogP contribution in [0.15, 0.2) is 36.7 Å². The Morgan fingerprint density at radius 3 is 2.73 bits per heavy atom.